The van der Waals surface area contributed by atoms with E-state index in [9.17, 15) is 9.59 Å². The maximum atomic E-state index is 12.7. The normalized spacial score (nSPS) is 23.2. The summed E-state index contributed by atoms with van der Waals surface area (Å²) in [5, 5.41) is 0. The second kappa shape index (κ2) is 5.90. The summed E-state index contributed by atoms with van der Waals surface area (Å²) in [7, 11) is 0. The van der Waals surface area contributed by atoms with Gasteiger partial charge in [0.05, 0.1) is 12.1 Å². The van der Waals surface area contributed by atoms with Crippen LogP contribution in [0.4, 0.5) is 0 Å². The van der Waals surface area contributed by atoms with E-state index in [2.05, 4.69) is 0 Å². The van der Waals surface area contributed by atoms with Crippen molar-refractivity contribution in [3.63, 3.8) is 0 Å². The summed E-state index contributed by atoms with van der Waals surface area (Å²) in [5.74, 6) is -0.502. The van der Waals surface area contributed by atoms with Gasteiger partial charge >= 0.3 is 0 Å². The van der Waals surface area contributed by atoms with Gasteiger partial charge in [-0.15, -0.1) is 0 Å². The van der Waals surface area contributed by atoms with Gasteiger partial charge in [-0.25, -0.2) is 0 Å². The Kier molecular flexibility index (Phi) is 4.45. The maximum absolute atomic E-state index is 12.7. The molecule has 0 heterocycles. The molecule has 0 radical (unpaired) electrons. The zero-order valence-electron chi connectivity index (χ0n) is 11.6. The van der Waals surface area contributed by atoms with Crippen LogP contribution in [0, 0.1) is 0 Å². The smallest absolute Gasteiger partial charge is 0.243 e. The highest BCUT2D eigenvalue weighted by Gasteiger charge is 2.41. The molecule has 0 aliphatic heterocycles. The molecule has 5 nitrogen and oxygen atoms in total. The Hall–Kier alpha value is -1.10. The molecule has 0 aromatic rings. The molecule has 0 saturated heterocycles. The Morgan fingerprint density at radius 1 is 1.05 bits per heavy atom. The number of nitrogens with two attached hydrogens (primary N) is 2. The second-order valence-corrected chi connectivity index (χ2v) is 6.05. The molecule has 0 aromatic carbocycles. The molecule has 0 bridgehead atoms. The lowest BCUT2D eigenvalue weighted by atomic mass is 9.81. The predicted octanol–water partition coefficient (Wildman–Crippen LogP) is 0.904. The first kappa shape index (κ1) is 14.3. The zero-order chi connectivity index (χ0) is 13.9. The highest BCUT2D eigenvalue weighted by atomic mass is 16.2. The maximum Gasteiger partial charge on any atom is 0.243 e. The van der Waals surface area contributed by atoms with Crippen LogP contribution >= 0.6 is 0 Å². The van der Waals surface area contributed by atoms with Crippen LogP contribution in [0.2, 0.25) is 0 Å². The van der Waals surface area contributed by atoms with Crippen LogP contribution in [0.3, 0.4) is 0 Å². The highest BCUT2D eigenvalue weighted by Crippen LogP contribution is 2.31. The van der Waals surface area contributed by atoms with E-state index in [0.717, 1.165) is 57.8 Å². The summed E-state index contributed by atoms with van der Waals surface area (Å²) < 4.78 is 0. The third-order valence-electron chi connectivity index (χ3n) is 4.52. The van der Waals surface area contributed by atoms with E-state index in [0.29, 0.717) is 0 Å². The Morgan fingerprint density at radius 3 is 2.16 bits per heavy atom. The number of carbonyl (C=O) groups excluding carboxylic acids is 2. The van der Waals surface area contributed by atoms with E-state index >= 15 is 0 Å². The summed E-state index contributed by atoms with van der Waals surface area (Å²) >= 11 is 0. The van der Waals surface area contributed by atoms with E-state index in [1.54, 1.807) is 4.90 Å². The van der Waals surface area contributed by atoms with Crippen LogP contribution < -0.4 is 11.5 Å². The SMILES string of the molecule is NC(=O)CN(C(=O)C1(N)CCCCC1)C1CCCC1. The summed E-state index contributed by atoms with van der Waals surface area (Å²) in [6, 6.07) is 0.155. The third kappa shape index (κ3) is 3.26. The van der Waals surface area contributed by atoms with Crippen molar-refractivity contribution in [1.82, 2.24) is 4.90 Å². The molecule has 2 saturated carbocycles. The van der Waals surface area contributed by atoms with Gasteiger partial charge in [-0.3, -0.25) is 9.59 Å². The highest BCUT2D eigenvalue weighted by molar-refractivity contribution is 5.90. The van der Waals surface area contributed by atoms with Crippen LogP contribution in [-0.2, 0) is 9.59 Å². The minimum absolute atomic E-state index is 0.0163. The minimum Gasteiger partial charge on any atom is -0.368 e. The molecule has 2 rings (SSSR count). The second-order valence-electron chi connectivity index (χ2n) is 6.05. The largest absolute Gasteiger partial charge is 0.368 e. The topological polar surface area (TPSA) is 89.4 Å². The summed E-state index contributed by atoms with van der Waals surface area (Å²) in [5.41, 5.74) is 10.8. The first-order chi connectivity index (χ1) is 9.03. The monoisotopic (exact) mass is 267 g/mol. The first-order valence-corrected chi connectivity index (χ1v) is 7.41. The molecule has 19 heavy (non-hydrogen) atoms. The quantitative estimate of drug-likeness (QED) is 0.793. The number of hydrogen-bond donors (Lipinski definition) is 2. The Balaban J connectivity index is 2.11. The average Bonchev–Trinajstić information content (AvgIpc) is 2.89. The molecule has 0 aromatic heterocycles. The van der Waals surface area contributed by atoms with Crippen LogP contribution in [0.15, 0.2) is 0 Å². The van der Waals surface area contributed by atoms with Gasteiger partial charge in [-0.2, -0.15) is 0 Å². The molecular weight excluding hydrogens is 242 g/mol. The molecule has 2 fully saturated rings. The number of primary amides is 1. The van der Waals surface area contributed by atoms with Crippen LogP contribution in [-0.4, -0.2) is 34.8 Å². The summed E-state index contributed by atoms with van der Waals surface area (Å²) in [6.07, 6.45) is 8.77. The minimum atomic E-state index is -0.768. The summed E-state index contributed by atoms with van der Waals surface area (Å²) in [4.78, 5) is 25.6. The van der Waals surface area contributed by atoms with Gasteiger partial charge in [-0.05, 0) is 25.7 Å². The molecule has 108 valence electrons. The zero-order valence-corrected chi connectivity index (χ0v) is 11.6. The molecule has 0 spiro atoms. The lowest BCUT2D eigenvalue weighted by Crippen LogP contribution is -2.59. The van der Waals surface area contributed by atoms with Crippen LogP contribution in [0.1, 0.15) is 57.8 Å². The van der Waals surface area contributed by atoms with Crippen molar-refractivity contribution in [2.45, 2.75) is 69.4 Å². The number of nitrogens with zero attached hydrogens (tertiary/aromatic N) is 1. The molecule has 2 amide bonds. The first-order valence-electron chi connectivity index (χ1n) is 7.41. The van der Waals surface area contributed by atoms with Crippen LogP contribution in [0.5, 0.6) is 0 Å². The van der Waals surface area contributed by atoms with Crippen molar-refractivity contribution < 1.29 is 9.59 Å². The van der Waals surface area contributed by atoms with Crippen molar-refractivity contribution >= 4 is 11.8 Å². The molecule has 4 N–H and O–H groups in total. The Bertz CT molecular complexity index is 345. The van der Waals surface area contributed by atoms with Crippen molar-refractivity contribution in [3.8, 4) is 0 Å². The summed E-state index contributed by atoms with van der Waals surface area (Å²) in [6.45, 7) is 0.0163. The number of carbonyl (C=O) groups is 2. The van der Waals surface area contributed by atoms with Crippen molar-refractivity contribution in [1.29, 1.82) is 0 Å². The van der Waals surface area contributed by atoms with E-state index in [4.69, 9.17) is 11.5 Å². The lowest BCUT2D eigenvalue weighted by molar-refractivity contribution is -0.143. The lowest BCUT2D eigenvalue weighted by Gasteiger charge is -2.39. The average molecular weight is 267 g/mol. The van der Waals surface area contributed by atoms with Crippen LogP contribution in [0.25, 0.3) is 0 Å². The Labute approximate surface area is 114 Å². The number of amides is 2. The Morgan fingerprint density at radius 2 is 1.63 bits per heavy atom. The van der Waals surface area contributed by atoms with Crippen molar-refractivity contribution in [2.75, 3.05) is 6.54 Å². The predicted molar refractivity (Wildman–Crippen MR) is 73.2 cm³/mol. The van der Waals surface area contributed by atoms with E-state index in [1.165, 1.54) is 0 Å². The van der Waals surface area contributed by atoms with E-state index < -0.39 is 11.4 Å². The van der Waals surface area contributed by atoms with E-state index in [1.807, 2.05) is 0 Å². The van der Waals surface area contributed by atoms with E-state index in [-0.39, 0.29) is 18.5 Å². The fourth-order valence-electron chi connectivity index (χ4n) is 3.43. The molecular formula is C14H25N3O2. The molecule has 0 atom stereocenters. The van der Waals surface area contributed by atoms with Crippen molar-refractivity contribution in [2.24, 2.45) is 11.5 Å². The van der Waals surface area contributed by atoms with Gasteiger partial charge in [0.2, 0.25) is 11.8 Å². The number of hydrogen-bond acceptors (Lipinski definition) is 3. The van der Waals surface area contributed by atoms with Crippen molar-refractivity contribution in [3.05, 3.63) is 0 Å². The van der Waals surface area contributed by atoms with Gasteiger partial charge in [0.25, 0.3) is 0 Å². The third-order valence-corrected chi connectivity index (χ3v) is 4.52. The van der Waals surface area contributed by atoms with Gasteiger partial charge in [0, 0.05) is 6.04 Å². The van der Waals surface area contributed by atoms with Gasteiger partial charge in [0.15, 0.2) is 0 Å². The molecule has 0 unspecified atom stereocenters. The van der Waals surface area contributed by atoms with Gasteiger partial charge in [0.1, 0.15) is 0 Å². The molecule has 2 aliphatic rings. The fourth-order valence-corrected chi connectivity index (χ4v) is 3.43. The molecule has 5 heteroatoms. The van der Waals surface area contributed by atoms with Gasteiger partial charge in [-0.1, -0.05) is 32.1 Å². The fraction of sp³-hybridized carbons (Fsp3) is 0.857. The number of rotatable bonds is 4. The van der Waals surface area contributed by atoms with Gasteiger partial charge < -0.3 is 16.4 Å². The standard InChI is InChI=1S/C14H25N3O2/c15-12(18)10-17(11-6-2-3-7-11)13(19)14(16)8-4-1-5-9-14/h11H,1-10,16H2,(H2,15,18). The molecule has 2 aliphatic carbocycles.